The molecule has 0 aromatic rings. The first-order chi connectivity index (χ1) is 4.06. The lowest BCUT2D eigenvalue weighted by atomic mass is 10.8. The summed E-state index contributed by atoms with van der Waals surface area (Å²) in [5, 5.41) is 0. The Morgan fingerprint density at radius 1 is 1.56 bits per heavy atom. The van der Waals surface area contributed by atoms with Gasteiger partial charge in [0.15, 0.2) is 0 Å². The maximum Gasteiger partial charge on any atom is 0.267 e. The van der Waals surface area contributed by atoms with E-state index < -0.39 is 10.1 Å². The van der Waals surface area contributed by atoms with Gasteiger partial charge in [-0.3, -0.25) is 4.55 Å². The summed E-state index contributed by atoms with van der Waals surface area (Å²) < 4.78 is 32.6. The second-order valence-corrected chi connectivity index (χ2v) is 2.97. The lowest BCUT2D eigenvalue weighted by Crippen LogP contribution is -2.10. The van der Waals surface area contributed by atoms with E-state index in [0.29, 0.717) is 0 Å². The smallest absolute Gasteiger partial charge is 0.267 e. The van der Waals surface area contributed by atoms with Crippen LogP contribution in [0.2, 0.25) is 0 Å². The summed E-state index contributed by atoms with van der Waals surface area (Å²) in [5.74, 6) is -0.359. The molecule has 0 rings (SSSR count). The Kier molecular flexibility index (Phi) is 3.76. The van der Waals surface area contributed by atoms with E-state index in [4.69, 9.17) is 4.55 Å². The molecule has 0 aliphatic carbocycles. The third-order valence-corrected chi connectivity index (χ3v) is 1.31. The van der Waals surface area contributed by atoms with Crippen molar-refractivity contribution in [3.63, 3.8) is 0 Å². The van der Waals surface area contributed by atoms with Gasteiger partial charge in [-0.15, -0.1) is 0 Å². The fraction of sp³-hybridized carbons (Fsp3) is 0.750. The predicted octanol–water partition coefficient (Wildman–Crippen LogP) is -0.275. The van der Waals surface area contributed by atoms with E-state index in [2.05, 4.69) is 11.7 Å². The summed E-state index contributed by atoms with van der Waals surface area (Å²) in [6.07, 6.45) is 0. The SMILES string of the molecule is [CH2]COCCS(=O)(=O)O. The molecule has 9 heavy (non-hydrogen) atoms. The normalized spacial score (nSPS) is 11.8. The van der Waals surface area contributed by atoms with Gasteiger partial charge in [-0.1, -0.05) is 0 Å². The Hall–Kier alpha value is -0.130. The highest BCUT2D eigenvalue weighted by atomic mass is 32.2. The molecule has 0 fully saturated rings. The fourth-order valence-electron chi connectivity index (χ4n) is 0.266. The first kappa shape index (κ1) is 8.87. The minimum absolute atomic E-state index is 0.00231. The Balaban J connectivity index is 3.30. The highest BCUT2D eigenvalue weighted by molar-refractivity contribution is 7.85. The third-order valence-electron chi connectivity index (χ3n) is 0.630. The number of hydrogen-bond donors (Lipinski definition) is 1. The van der Waals surface area contributed by atoms with Crippen molar-refractivity contribution in [2.24, 2.45) is 0 Å². The Labute approximate surface area is 54.6 Å². The molecule has 0 saturated carbocycles. The predicted molar refractivity (Wildman–Crippen MR) is 32.6 cm³/mol. The molecule has 0 aromatic heterocycles. The zero-order chi connectivity index (χ0) is 7.33. The molecular formula is C4H9O4S. The van der Waals surface area contributed by atoms with Crippen LogP contribution in [-0.4, -0.2) is 31.9 Å². The third kappa shape index (κ3) is 7.87. The summed E-state index contributed by atoms with van der Waals surface area (Å²) in [6.45, 7) is 3.53. The van der Waals surface area contributed by atoms with E-state index in [-0.39, 0.29) is 19.0 Å². The van der Waals surface area contributed by atoms with Crippen LogP contribution in [0.15, 0.2) is 0 Å². The minimum Gasteiger partial charge on any atom is -0.380 e. The lowest BCUT2D eigenvalue weighted by Gasteiger charge is -1.95. The van der Waals surface area contributed by atoms with Gasteiger partial charge in [0.1, 0.15) is 0 Å². The highest BCUT2D eigenvalue weighted by Gasteiger charge is 2.01. The van der Waals surface area contributed by atoms with E-state index in [1.165, 1.54) is 0 Å². The highest BCUT2D eigenvalue weighted by Crippen LogP contribution is 1.81. The van der Waals surface area contributed by atoms with Crippen LogP contribution in [0.25, 0.3) is 0 Å². The molecule has 0 bridgehead atoms. The van der Waals surface area contributed by atoms with Crippen LogP contribution < -0.4 is 0 Å². The minimum atomic E-state index is -3.85. The van der Waals surface area contributed by atoms with Gasteiger partial charge in [-0.25, -0.2) is 0 Å². The number of rotatable bonds is 4. The van der Waals surface area contributed by atoms with Crippen LogP contribution in [0.4, 0.5) is 0 Å². The van der Waals surface area contributed by atoms with Crippen molar-refractivity contribution in [1.82, 2.24) is 0 Å². The molecule has 0 atom stereocenters. The van der Waals surface area contributed by atoms with Crippen LogP contribution in [0.3, 0.4) is 0 Å². The summed E-state index contributed by atoms with van der Waals surface area (Å²) >= 11 is 0. The molecule has 0 aliphatic rings. The van der Waals surface area contributed by atoms with Gasteiger partial charge in [0.05, 0.1) is 12.4 Å². The van der Waals surface area contributed by atoms with Crippen molar-refractivity contribution < 1.29 is 17.7 Å². The molecule has 1 radical (unpaired) electrons. The van der Waals surface area contributed by atoms with Crippen LogP contribution in [0.5, 0.6) is 0 Å². The Morgan fingerprint density at radius 3 is 2.44 bits per heavy atom. The zero-order valence-corrected chi connectivity index (χ0v) is 5.73. The molecular weight excluding hydrogens is 144 g/mol. The molecule has 0 aromatic carbocycles. The van der Waals surface area contributed by atoms with E-state index in [1.54, 1.807) is 0 Å². The van der Waals surface area contributed by atoms with Gasteiger partial charge in [0.25, 0.3) is 10.1 Å². The fourth-order valence-corrected chi connectivity index (χ4v) is 0.595. The summed E-state index contributed by atoms with van der Waals surface area (Å²) in [7, 11) is -3.85. The molecule has 0 aliphatic heterocycles. The summed E-state index contributed by atoms with van der Waals surface area (Å²) in [6, 6.07) is 0. The van der Waals surface area contributed by atoms with Gasteiger partial charge < -0.3 is 4.74 Å². The second-order valence-electron chi connectivity index (χ2n) is 1.40. The van der Waals surface area contributed by atoms with Crippen molar-refractivity contribution >= 4 is 10.1 Å². The monoisotopic (exact) mass is 153 g/mol. The second kappa shape index (κ2) is 3.81. The molecule has 0 saturated heterocycles. The molecule has 4 nitrogen and oxygen atoms in total. The van der Waals surface area contributed by atoms with E-state index in [1.807, 2.05) is 0 Å². The molecule has 0 amide bonds. The summed E-state index contributed by atoms with van der Waals surface area (Å²) in [5.41, 5.74) is 0. The summed E-state index contributed by atoms with van der Waals surface area (Å²) in [4.78, 5) is 0. The van der Waals surface area contributed by atoms with Crippen molar-refractivity contribution in [1.29, 1.82) is 0 Å². The van der Waals surface area contributed by atoms with Crippen molar-refractivity contribution in [2.45, 2.75) is 0 Å². The largest absolute Gasteiger partial charge is 0.380 e. The average Bonchev–Trinajstić information content (AvgIpc) is 1.63. The van der Waals surface area contributed by atoms with Crippen LogP contribution in [0.1, 0.15) is 0 Å². The molecule has 0 spiro atoms. The maximum absolute atomic E-state index is 9.96. The molecule has 0 unspecified atom stereocenters. The van der Waals surface area contributed by atoms with Crippen molar-refractivity contribution in [3.05, 3.63) is 6.92 Å². The van der Waals surface area contributed by atoms with Crippen LogP contribution >= 0.6 is 0 Å². The van der Waals surface area contributed by atoms with Gasteiger partial charge >= 0.3 is 0 Å². The van der Waals surface area contributed by atoms with Gasteiger partial charge in [-0.2, -0.15) is 8.42 Å². The topological polar surface area (TPSA) is 63.6 Å². The number of hydrogen-bond acceptors (Lipinski definition) is 3. The van der Waals surface area contributed by atoms with Crippen molar-refractivity contribution in [3.8, 4) is 0 Å². The molecule has 55 valence electrons. The van der Waals surface area contributed by atoms with E-state index >= 15 is 0 Å². The zero-order valence-electron chi connectivity index (χ0n) is 4.91. The van der Waals surface area contributed by atoms with Gasteiger partial charge in [0.2, 0.25) is 0 Å². The first-order valence-electron chi connectivity index (χ1n) is 2.38. The number of ether oxygens (including phenoxy) is 1. The first-order valence-corrected chi connectivity index (χ1v) is 3.99. The van der Waals surface area contributed by atoms with Gasteiger partial charge in [-0.05, 0) is 6.92 Å². The standard InChI is InChI=1S/C4H9O4S/c1-2-8-3-4-9(5,6)7/h1-4H2,(H,5,6,7). The quantitative estimate of drug-likeness (QED) is 0.446. The van der Waals surface area contributed by atoms with Crippen molar-refractivity contribution in [2.75, 3.05) is 19.0 Å². The maximum atomic E-state index is 9.96. The molecule has 1 N–H and O–H groups in total. The Morgan fingerprint density at radius 2 is 2.11 bits per heavy atom. The molecule has 5 heteroatoms. The molecule has 0 heterocycles. The lowest BCUT2D eigenvalue weighted by molar-refractivity contribution is 0.176. The van der Waals surface area contributed by atoms with Crippen LogP contribution in [0, 0.1) is 6.92 Å². The van der Waals surface area contributed by atoms with E-state index in [9.17, 15) is 8.42 Å². The Bertz CT molecular complexity index is 148. The van der Waals surface area contributed by atoms with Gasteiger partial charge in [0, 0.05) is 6.61 Å². The van der Waals surface area contributed by atoms with Crippen LogP contribution in [-0.2, 0) is 14.9 Å². The average molecular weight is 153 g/mol. The van der Waals surface area contributed by atoms with E-state index in [0.717, 1.165) is 0 Å².